The number of amides is 1. The molecule has 0 aliphatic rings. The summed E-state index contributed by atoms with van der Waals surface area (Å²) < 4.78 is 22.6. The van der Waals surface area contributed by atoms with Crippen LogP contribution in [0.5, 0.6) is 0 Å². The Morgan fingerprint density at radius 3 is 2.33 bits per heavy atom. The van der Waals surface area contributed by atoms with E-state index in [2.05, 4.69) is 5.32 Å². The Morgan fingerprint density at radius 2 is 1.79 bits per heavy atom. The Morgan fingerprint density at radius 1 is 1.17 bits per heavy atom. The van der Waals surface area contributed by atoms with Crippen LogP contribution in [0.15, 0.2) is 47.4 Å². The van der Waals surface area contributed by atoms with Crippen molar-refractivity contribution in [2.75, 3.05) is 5.88 Å². The monoisotopic (exact) mass is 386 g/mol. The fraction of sp³-hybridized carbons (Fsp3) is 0.188. The van der Waals surface area contributed by atoms with Gasteiger partial charge in [0.2, 0.25) is 15.9 Å². The van der Waals surface area contributed by atoms with Gasteiger partial charge in [0, 0.05) is 5.02 Å². The Labute approximate surface area is 150 Å². The molecule has 0 spiro atoms. The van der Waals surface area contributed by atoms with Crippen molar-refractivity contribution in [3.63, 3.8) is 0 Å². The molecule has 0 aliphatic heterocycles. The van der Waals surface area contributed by atoms with Gasteiger partial charge in [0.05, 0.1) is 10.9 Å². The highest BCUT2D eigenvalue weighted by molar-refractivity contribution is 7.89. The highest BCUT2D eigenvalue weighted by atomic mass is 35.5. The summed E-state index contributed by atoms with van der Waals surface area (Å²) in [7, 11) is -3.73. The van der Waals surface area contributed by atoms with Crippen LogP contribution in [0.1, 0.15) is 18.5 Å². The Balaban J connectivity index is 2.36. The summed E-state index contributed by atoms with van der Waals surface area (Å²) >= 11 is 11.7. The number of sulfonamides is 1. The van der Waals surface area contributed by atoms with Crippen LogP contribution < -0.4 is 10.5 Å². The molecule has 5 nitrogen and oxygen atoms in total. The predicted octanol–water partition coefficient (Wildman–Crippen LogP) is 3.07. The van der Waals surface area contributed by atoms with Crippen LogP contribution >= 0.6 is 23.2 Å². The van der Waals surface area contributed by atoms with Crippen LogP contribution in [0.2, 0.25) is 5.02 Å². The first-order valence-corrected chi connectivity index (χ1v) is 9.45. The molecule has 0 saturated heterocycles. The number of primary sulfonamides is 1. The van der Waals surface area contributed by atoms with Gasteiger partial charge in [0.25, 0.3) is 0 Å². The van der Waals surface area contributed by atoms with Crippen molar-refractivity contribution in [3.8, 4) is 11.1 Å². The highest BCUT2D eigenvalue weighted by Crippen LogP contribution is 2.28. The number of benzene rings is 2. The van der Waals surface area contributed by atoms with Gasteiger partial charge >= 0.3 is 0 Å². The molecule has 3 N–H and O–H groups in total. The molecule has 0 bridgehead atoms. The van der Waals surface area contributed by atoms with Gasteiger partial charge < -0.3 is 5.32 Å². The van der Waals surface area contributed by atoms with Crippen LogP contribution in [0, 0.1) is 0 Å². The van der Waals surface area contributed by atoms with E-state index in [1.54, 1.807) is 24.3 Å². The Hall–Kier alpha value is -1.60. The van der Waals surface area contributed by atoms with E-state index in [0.29, 0.717) is 5.02 Å². The molecular weight excluding hydrogens is 371 g/mol. The standard InChI is InChI=1S/C16H16Cl2N2O3S/c1-10(20-16(21)9-17)12-6-13(8-14(18)7-12)11-2-4-15(5-3-11)24(19,22)23/h2-8,10H,9H2,1H3,(H,20,21)(H2,19,22,23). The Bertz CT molecular complexity index is 852. The number of nitrogens with one attached hydrogen (secondary N) is 1. The van der Waals surface area contributed by atoms with E-state index in [1.165, 1.54) is 12.1 Å². The second-order valence-corrected chi connectivity index (χ2v) is 7.53. The zero-order valence-electron chi connectivity index (χ0n) is 12.8. The number of hydrogen-bond acceptors (Lipinski definition) is 3. The highest BCUT2D eigenvalue weighted by Gasteiger charge is 2.12. The van der Waals surface area contributed by atoms with Crippen LogP contribution in [-0.2, 0) is 14.8 Å². The molecule has 0 aromatic heterocycles. The molecule has 0 aliphatic carbocycles. The van der Waals surface area contributed by atoms with Gasteiger partial charge in [-0.1, -0.05) is 23.7 Å². The van der Waals surface area contributed by atoms with Crippen LogP contribution in [0.4, 0.5) is 0 Å². The van der Waals surface area contributed by atoms with Crippen molar-refractivity contribution >= 4 is 39.1 Å². The van der Waals surface area contributed by atoms with Crippen molar-refractivity contribution in [1.29, 1.82) is 0 Å². The largest absolute Gasteiger partial charge is 0.349 e. The quantitative estimate of drug-likeness (QED) is 0.773. The number of rotatable bonds is 5. The first-order valence-electron chi connectivity index (χ1n) is 7.00. The fourth-order valence-corrected chi connectivity index (χ4v) is 3.07. The van der Waals surface area contributed by atoms with E-state index in [1.807, 2.05) is 13.0 Å². The van der Waals surface area contributed by atoms with Crippen molar-refractivity contribution in [2.24, 2.45) is 5.14 Å². The first-order chi connectivity index (χ1) is 11.2. The minimum absolute atomic E-state index is 0.0382. The lowest BCUT2D eigenvalue weighted by atomic mass is 10.00. The average Bonchev–Trinajstić information content (AvgIpc) is 2.53. The SMILES string of the molecule is CC(NC(=O)CCl)c1cc(Cl)cc(-c2ccc(S(N)(=O)=O)cc2)c1. The summed E-state index contributed by atoms with van der Waals surface area (Å²) in [5.74, 6) is -0.393. The molecule has 0 heterocycles. The first kappa shape index (κ1) is 18.7. The number of hydrogen-bond donors (Lipinski definition) is 2. The van der Waals surface area contributed by atoms with Gasteiger partial charge in [-0.25, -0.2) is 13.6 Å². The molecule has 1 amide bonds. The third-order valence-corrected chi connectivity index (χ3v) is 4.83. The average molecular weight is 387 g/mol. The van der Waals surface area contributed by atoms with Gasteiger partial charge in [-0.2, -0.15) is 0 Å². The van der Waals surface area contributed by atoms with Crippen molar-refractivity contribution in [1.82, 2.24) is 5.32 Å². The van der Waals surface area contributed by atoms with Gasteiger partial charge in [0.1, 0.15) is 5.88 Å². The summed E-state index contributed by atoms with van der Waals surface area (Å²) in [6, 6.07) is 11.3. The maximum Gasteiger partial charge on any atom is 0.238 e. The smallest absolute Gasteiger partial charge is 0.238 e. The zero-order chi connectivity index (χ0) is 17.9. The van der Waals surface area contributed by atoms with Crippen LogP contribution in [0.3, 0.4) is 0 Å². The normalized spacial score (nSPS) is 12.7. The van der Waals surface area contributed by atoms with Crippen molar-refractivity contribution in [3.05, 3.63) is 53.1 Å². The summed E-state index contributed by atoms with van der Waals surface area (Å²) in [6.07, 6.45) is 0. The molecule has 128 valence electrons. The predicted molar refractivity (Wildman–Crippen MR) is 95.5 cm³/mol. The summed E-state index contributed by atoms with van der Waals surface area (Å²) in [6.45, 7) is 1.82. The van der Waals surface area contributed by atoms with Crippen molar-refractivity contribution < 1.29 is 13.2 Å². The molecule has 0 saturated carbocycles. The molecule has 2 rings (SSSR count). The maximum absolute atomic E-state index is 11.4. The van der Waals surface area contributed by atoms with E-state index in [0.717, 1.165) is 16.7 Å². The van der Waals surface area contributed by atoms with E-state index >= 15 is 0 Å². The molecule has 0 radical (unpaired) electrons. The fourth-order valence-electron chi connectivity index (χ4n) is 2.23. The maximum atomic E-state index is 11.4. The molecule has 1 unspecified atom stereocenters. The van der Waals surface area contributed by atoms with Gasteiger partial charge in [-0.05, 0) is 53.9 Å². The van der Waals surface area contributed by atoms with E-state index in [4.69, 9.17) is 28.3 Å². The van der Waals surface area contributed by atoms with E-state index < -0.39 is 10.0 Å². The third kappa shape index (κ3) is 4.70. The van der Waals surface area contributed by atoms with Gasteiger partial charge in [-0.3, -0.25) is 4.79 Å². The molecular formula is C16H16Cl2N2O3S. The zero-order valence-corrected chi connectivity index (χ0v) is 15.1. The topological polar surface area (TPSA) is 89.3 Å². The summed E-state index contributed by atoms with van der Waals surface area (Å²) in [5, 5.41) is 8.35. The number of carbonyl (C=O) groups excluding carboxylic acids is 1. The van der Waals surface area contributed by atoms with E-state index in [9.17, 15) is 13.2 Å². The van der Waals surface area contributed by atoms with Gasteiger partial charge in [-0.15, -0.1) is 11.6 Å². The second kappa shape index (κ2) is 7.53. The van der Waals surface area contributed by atoms with Gasteiger partial charge in [0.15, 0.2) is 0 Å². The molecule has 8 heteroatoms. The molecule has 2 aromatic rings. The van der Waals surface area contributed by atoms with E-state index in [-0.39, 0.29) is 22.7 Å². The lowest BCUT2D eigenvalue weighted by Crippen LogP contribution is -2.27. The summed E-state index contributed by atoms with van der Waals surface area (Å²) in [5.41, 5.74) is 2.39. The second-order valence-electron chi connectivity index (χ2n) is 5.27. The molecule has 2 aromatic carbocycles. The minimum Gasteiger partial charge on any atom is -0.349 e. The third-order valence-electron chi connectivity index (χ3n) is 3.44. The number of carbonyl (C=O) groups is 1. The molecule has 1 atom stereocenters. The summed E-state index contributed by atoms with van der Waals surface area (Å²) in [4.78, 5) is 11.5. The number of nitrogens with two attached hydrogens (primary N) is 1. The minimum atomic E-state index is -3.73. The number of alkyl halides is 1. The molecule has 24 heavy (non-hydrogen) atoms. The lowest BCUT2D eigenvalue weighted by Gasteiger charge is -2.15. The molecule has 0 fully saturated rings. The van der Waals surface area contributed by atoms with Crippen LogP contribution in [-0.4, -0.2) is 20.2 Å². The van der Waals surface area contributed by atoms with Crippen LogP contribution in [0.25, 0.3) is 11.1 Å². The van der Waals surface area contributed by atoms with Crippen molar-refractivity contribution in [2.45, 2.75) is 17.9 Å². The number of halogens is 2. The Kier molecular flexibility index (Phi) is 5.87. The lowest BCUT2D eigenvalue weighted by molar-refractivity contribution is -0.119.